The third-order valence-corrected chi connectivity index (χ3v) is 1.93. The van der Waals surface area contributed by atoms with E-state index in [0.29, 0.717) is 0 Å². The average Bonchev–Trinajstić information content (AvgIpc) is 2.75. The first-order chi connectivity index (χ1) is 8.29. The van der Waals surface area contributed by atoms with Crippen LogP contribution >= 0.6 is 0 Å². The number of ether oxygens (including phenoxy) is 1. The largest absolute Gasteiger partial charge is 0.444 e. The molecule has 0 aliphatic carbocycles. The molecule has 102 valence electrons. The van der Waals surface area contributed by atoms with Gasteiger partial charge >= 0.3 is 6.09 Å². The van der Waals surface area contributed by atoms with Gasteiger partial charge in [0.25, 0.3) is 0 Å². The van der Waals surface area contributed by atoms with E-state index in [1.165, 1.54) is 6.33 Å². The van der Waals surface area contributed by atoms with Crippen LogP contribution in [0.15, 0.2) is 6.33 Å². The minimum Gasteiger partial charge on any atom is -0.444 e. The van der Waals surface area contributed by atoms with Gasteiger partial charge in [-0.1, -0.05) is 0 Å². The number of nitrogens with one attached hydrogen (secondary N) is 2. The van der Waals surface area contributed by atoms with E-state index >= 15 is 0 Å². The molecule has 0 spiro atoms. The molecule has 0 fully saturated rings. The summed E-state index contributed by atoms with van der Waals surface area (Å²) in [5.74, 6) is 0.133. The van der Waals surface area contributed by atoms with E-state index in [-0.39, 0.29) is 12.4 Å². The minimum absolute atomic E-state index is 0.133. The van der Waals surface area contributed by atoms with Crippen molar-refractivity contribution in [3.8, 4) is 0 Å². The summed E-state index contributed by atoms with van der Waals surface area (Å²) < 4.78 is 4.98. The first-order valence-electron chi connectivity index (χ1n) is 5.48. The molecule has 0 bridgehead atoms. The van der Waals surface area contributed by atoms with Gasteiger partial charge in [0.05, 0.1) is 0 Å². The Morgan fingerprint density at radius 3 is 2.72 bits per heavy atom. The molecular formula is C10H18N4O4. The standard InChI is InChI=1S/C10H18N4O4/c1-10(2,3)18-9(17)11-4-6(15)7(16)8-12-5-13-14-8/h5-7,15-16H,4H2,1-3H3,(H,11,17)(H,12,13,14). The molecule has 1 aromatic heterocycles. The minimum atomic E-state index is -1.25. The van der Waals surface area contributed by atoms with Crippen molar-refractivity contribution in [2.45, 2.75) is 38.6 Å². The fourth-order valence-corrected chi connectivity index (χ4v) is 1.15. The van der Waals surface area contributed by atoms with Crippen molar-refractivity contribution in [2.24, 2.45) is 0 Å². The fraction of sp³-hybridized carbons (Fsp3) is 0.700. The third-order valence-electron chi connectivity index (χ3n) is 1.93. The molecule has 1 aromatic rings. The van der Waals surface area contributed by atoms with Gasteiger partial charge < -0.3 is 20.3 Å². The van der Waals surface area contributed by atoms with Crippen LogP contribution in [-0.2, 0) is 4.74 Å². The van der Waals surface area contributed by atoms with Gasteiger partial charge in [-0.3, -0.25) is 5.10 Å². The van der Waals surface area contributed by atoms with E-state index in [2.05, 4.69) is 20.5 Å². The fourth-order valence-electron chi connectivity index (χ4n) is 1.15. The summed E-state index contributed by atoms with van der Waals surface area (Å²) in [6, 6.07) is 0. The Bertz CT molecular complexity index is 374. The predicted molar refractivity (Wildman–Crippen MR) is 61.6 cm³/mol. The molecular weight excluding hydrogens is 240 g/mol. The monoisotopic (exact) mass is 258 g/mol. The van der Waals surface area contributed by atoms with Crippen molar-refractivity contribution in [2.75, 3.05) is 6.54 Å². The number of aromatic nitrogens is 3. The van der Waals surface area contributed by atoms with Crippen molar-refractivity contribution in [1.29, 1.82) is 0 Å². The molecule has 0 saturated carbocycles. The van der Waals surface area contributed by atoms with Gasteiger partial charge in [0.1, 0.15) is 24.1 Å². The highest BCUT2D eigenvalue weighted by molar-refractivity contribution is 5.67. The lowest BCUT2D eigenvalue weighted by Gasteiger charge is -2.21. The zero-order chi connectivity index (χ0) is 13.8. The average molecular weight is 258 g/mol. The van der Waals surface area contributed by atoms with E-state index in [1.54, 1.807) is 20.8 Å². The molecule has 2 atom stereocenters. The molecule has 1 amide bonds. The lowest BCUT2D eigenvalue weighted by molar-refractivity contribution is 0.00875. The first kappa shape index (κ1) is 14.4. The molecule has 8 nitrogen and oxygen atoms in total. The second kappa shape index (κ2) is 5.78. The lowest BCUT2D eigenvalue weighted by atomic mass is 10.2. The second-order valence-electron chi connectivity index (χ2n) is 4.77. The normalized spacial score (nSPS) is 14.9. The van der Waals surface area contributed by atoms with E-state index in [0.717, 1.165) is 0 Å². The van der Waals surface area contributed by atoms with Crippen LogP contribution in [0, 0.1) is 0 Å². The number of nitrogens with zero attached hydrogens (tertiary/aromatic N) is 2. The van der Waals surface area contributed by atoms with Crippen LogP contribution in [0.3, 0.4) is 0 Å². The van der Waals surface area contributed by atoms with Crippen LogP contribution in [-0.4, -0.2) is 49.7 Å². The Morgan fingerprint density at radius 1 is 1.56 bits per heavy atom. The second-order valence-corrected chi connectivity index (χ2v) is 4.77. The van der Waals surface area contributed by atoms with Crippen LogP contribution < -0.4 is 5.32 Å². The van der Waals surface area contributed by atoms with Gasteiger partial charge in [0.2, 0.25) is 0 Å². The summed E-state index contributed by atoms with van der Waals surface area (Å²) in [7, 11) is 0. The Morgan fingerprint density at radius 2 is 2.22 bits per heavy atom. The Hall–Kier alpha value is -1.67. The molecule has 0 aromatic carbocycles. The van der Waals surface area contributed by atoms with Gasteiger partial charge in [-0.25, -0.2) is 9.78 Å². The number of hydrogen-bond donors (Lipinski definition) is 4. The quantitative estimate of drug-likeness (QED) is 0.589. The summed E-state index contributed by atoms with van der Waals surface area (Å²) in [4.78, 5) is 15.0. The topological polar surface area (TPSA) is 120 Å². The summed E-state index contributed by atoms with van der Waals surface area (Å²) in [6.45, 7) is 5.03. The molecule has 1 heterocycles. The Kier molecular flexibility index (Phi) is 4.62. The van der Waals surface area contributed by atoms with E-state index in [1.807, 2.05) is 0 Å². The van der Waals surface area contributed by atoms with E-state index in [9.17, 15) is 15.0 Å². The molecule has 0 aliphatic rings. The van der Waals surface area contributed by atoms with Gasteiger partial charge in [-0.15, -0.1) is 0 Å². The molecule has 0 saturated heterocycles. The maximum atomic E-state index is 11.3. The van der Waals surface area contributed by atoms with Crippen LogP contribution in [0.5, 0.6) is 0 Å². The van der Waals surface area contributed by atoms with E-state index < -0.39 is 23.9 Å². The zero-order valence-electron chi connectivity index (χ0n) is 10.5. The SMILES string of the molecule is CC(C)(C)OC(=O)NCC(O)C(O)c1ncn[nH]1. The number of H-pyrrole nitrogens is 1. The van der Waals surface area contributed by atoms with Crippen molar-refractivity contribution in [1.82, 2.24) is 20.5 Å². The van der Waals surface area contributed by atoms with Crippen molar-refractivity contribution in [3.63, 3.8) is 0 Å². The first-order valence-corrected chi connectivity index (χ1v) is 5.48. The van der Waals surface area contributed by atoms with Crippen molar-refractivity contribution < 1.29 is 19.7 Å². The Labute approximate surface area is 104 Å². The number of carbonyl (C=O) groups excluding carboxylic acids is 1. The van der Waals surface area contributed by atoms with Gasteiger partial charge in [-0.2, -0.15) is 5.10 Å². The van der Waals surface area contributed by atoms with Gasteiger partial charge in [-0.05, 0) is 20.8 Å². The molecule has 4 N–H and O–H groups in total. The summed E-state index contributed by atoms with van der Waals surface area (Å²) in [5.41, 5.74) is -0.613. The maximum Gasteiger partial charge on any atom is 0.407 e. The molecule has 1 rings (SSSR count). The molecule has 8 heteroatoms. The molecule has 0 aliphatic heterocycles. The van der Waals surface area contributed by atoms with E-state index in [4.69, 9.17) is 4.74 Å². The van der Waals surface area contributed by atoms with Crippen LogP contribution in [0.25, 0.3) is 0 Å². The number of aliphatic hydroxyl groups is 2. The lowest BCUT2D eigenvalue weighted by Crippen LogP contribution is -2.39. The number of aliphatic hydroxyl groups excluding tert-OH is 2. The number of hydrogen-bond acceptors (Lipinski definition) is 6. The summed E-state index contributed by atoms with van der Waals surface area (Å²) in [5, 5.41) is 27.6. The van der Waals surface area contributed by atoms with Crippen LogP contribution in [0.4, 0.5) is 4.79 Å². The number of amides is 1. The number of aromatic amines is 1. The number of carbonyl (C=O) groups is 1. The Balaban J connectivity index is 2.37. The third kappa shape index (κ3) is 4.68. The smallest absolute Gasteiger partial charge is 0.407 e. The highest BCUT2D eigenvalue weighted by atomic mass is 16.6. The highest BCUT2D eigenvalue weighted by Gasteiger charge is 2.23. The highest BCUT2D eigenvalue weighted by Crippen LogP contribution is 2.11. The van der Waals surface area contributed by atoms with Crippen molar-refractivity contribution in [3.05, 3.63) is 12.2 Å². The van der Waals surface area contributed by atoms with Crippen LogP contribution in [0.2, 0.25) is 0 Å². The molecule has 18 heavy (non-hydrogen) atoms. The molecule has 0 radical (unpaired) electrons. The zero-order valence-corrected chi connectivity index (χ0v) is 10.5. The number of alkyl carbamates (subject to hydrolysis) is 1. The summed E-state index contributed by atoms with van der Waals surface area (Å²) in [6.07, 6.45) is -1.90. The van der Waals surface area contributed by atoms with Crippen LogP contribution in [0.1, 0.15) is 32.7 Å². The summed E-state index contributed by atoms with van der Waals surface area (Å²) >= 11 is 0. The van der Waals surface area contributed by atoms with Gasteiger partial charge in [0, 0.05) is 6.54 Å². The van der Waals surface area contributed by atoms with Gasteiger partial charge in [0.15, 0.2) is 5.82 Å². The number of rotatable bonds is 4. The van der Waals surface area contributed by atoms with Crippen molar-refractivity contribution >= 4 is 6.09 Å². The maximum absolute atomic E-state index is 11.3. The molecule has 2 unspecified atom stereocenters. The predicted octanol–water partition coefficient (Wildman–Crippen LogP) is -0.276.